The lowest BCUT2D eigenvalue weighted by Gasteiger charge is -2.16. The van der Waals surface area contributed by atoms with Crippen molar-refractivity contribution >= 4 is 23.5 Å². The first-order valence-electron chi connectivity index (χ1n) is 6.14. The molecule has 1 atom stereocenters. The quantitative estimate of drug-likeness (QED) is 0.885. The largest absolute Gasteiger partial charge is 0.338 e. The van der Waals surface area contributed by atoms with Crippen LogP contribution in [0.2, 0.25) is 0 Å². The summed E-state index contributed by atoms with van der Waals surface area (Å²) in [6.07, 6.45) is 2.75. The van der Waals surface area contributed by atoms with E-state index in [2.05, 4.69) is 15.5 Å². The van der Waals surface area contributed by atoms with Crippen LogP contribution < -0.4 is 5.32 Å². The molecule has 6 heteroatoms. The Balaban J connectivity index is 1.49. The van der Waals surface area contributed by atoms with Gasteiger partial charge < -0.3 is 9.84 Å². The molecule has 1 aromatic rings. The minimum atomic E-state index is 0.426. The van der Waals surface area contributed by atoms with Crippen molar-refractivity contribution in [3.63, 3.8) is 0 Å². The molecule has 4 nitrogen and oxygen atoms in total. The maximum absolute atomic E-state index is 5.27. The first kappa shape index (κ1) is 11.9. The van der Waals surface area contributed by atoms with Crippen LogP contribution in [0.25, 0.3) is 0 Å². The summed E-state index contributed by atoms with van der Waals surface area (Å²) in [6.45, 7) is 1.81. The topological polar surface area (TPSA) is 51.0 Å². The highest BCUT2D eigenvalue weighted by Gasteiger charge is 2.23. The zero-order valence-corrected chi connectivity index (χ0v) is 11.4. The third-order valence-electron chi connectivity index (χ3n) is 2.99. The highest BCUT2D eigenvalue weighted by atomic mass is 32.2. The number of aromatic nitrogens is 2. The molecule has 1 N–H and O–H groups in total. The predicted octanol–water partition coefficient (Wildman–Crippen LogP) is 2.09. The number of rotatable bonds is 5. The average molecular weight is 271 g/mol. The fourth-order valence-electron chi connectivity index (χ4n) is 1.81. The number of hydrogen-bond donors (Lipinski definition) is 1. The summed E-state index contributed by atoms with van der Waals surface area (Å²) < 4.78 is 5.27. The summed E-state index contributed by atoms with van der Waals surface area (Å²) >= 11 is 3.92. The van der Waals surface area contributed by atoms with E-state index in [9.17, 15) is 0 Å². The second kappa shape index (κ2) is 5.63. The monoisotopic (exact) mass is 271 g/mol. The average Bonchev–Trinajstić information content (AvgIpc) is 3.07. The molecule has 0 aromatic carbocycles. The van der Waals surface area contributed by atoms with E-state index >= 15 is 0 Å². The van der Waals surface area contributed by atoms with Crippen LogP contribution >= 0.6 is 23.5 Å². The fraction of sp³-hybridized carbons (Fsp3) is 0.818. The molecule has 3 rings (SSSR count). The molecule has 0 bridgehead atoms. The van der Waals surface area contributed by atoms with E-state index in [0.29, 0.717) is 11.8 Å². The van der Waals surface area contributed by atoms with Crippen molar-refractivity contribution in [1.29, 1.82) is 0 Å². The molecular weight excluding hydrogens is 254 g/mol. The van der Waals surface area contributed by atoms with Crippen molar-refractivity contribution in [3.8, 4) is 0 Å². The van der Waals surface area contributed by atoms with Gasteiger partial charge >= 0.3 is 0 Å². The van der Waals surface area contributed by atoms with Gasteiger partial charge in [0.25, 0.3) is 0 Å². The summed E-state index contributed by atoms with van der Waals surface area (Å²) in [6, 6.07) is 0. The van der Waals surface area contributed by atoms with Crippen molar-refractivity contribution in [2.24, 2.45) is 5.92 Å². The van der Waals surface area contributed by atoms with E-state index in [1.54, 1.807) is 0 Å². The molecule has 1 saturated carbocycles. The Kier molecular flexibility index (Phi) is 3.93. The van der Waals surface area contributed by atoms with E-state index in [0.717, 1.165) is 29.9 Å². The van der Waals surface area contributed by atoms with E-state index in [-0.39, 0.29) is 0 Å². The summed E-state index contributed by atoms with van der Waals surface area (Å²) in [5.74, 6) is 6.05. The van der Waals surface area contributed by atoms with Crippen LogP contribution in [0.15, 0.2) is 4.52 Å². The normalized spacial score (nSPS) is 25.1. The standard InChI is InChI=1S/C11H17N3OS2/c1-2-8(1)5-12-6-10-13-11(14-15-10)9-7-16-3-4-17-9/h8-9,12H,1-7H2. The Labute approximate surface area is 110 Å². The maximum Gasteiger partial charge on any atom is 0.240 e. The van der Waals surface area contributed by atoms with Gasteiger partial charge in [0.2, 0.25) is 5.89 Å². The van der Waals surface area contributed by atoms with Crippen molar-refractivity contribution in [2.45, 2.75) is 24.6 Å². The number of hydrogen-bond acceptors (Lipinski definition) is 6. The van der Waals surface area contributed by atoms with E-state index in [4.69, 9.17) is 4.52 Å². The van der Waals surface area contributed by atoms with Gasteiger partial charge in [-0.05, 0) is 25.3 Å². The van der Waals surface area contributed by atoms with Crippen LogP contribution in [-0.2, 0) is 6.54 Å². The third kappa shape index (κ3) is 3.39. The Morgan fingerprint density at radius 1 is 1.35 bits per heavy atom. The van der Waals surface area contributed by atoms with Crippen LogP contribution in [0, 0.1) is 5.92 Å². The highest BCUT2D eigenvalue weighted by Crippen LogP contribution is 2.35. The zero-order chi connectivity index (χ0) is 11.5. The van der Waals surface area contributed by atoms with Crippen LogP contribution in [0.1, 0.15) is 29.8 Å². The minimum absolute atomic E-state index is 0.426. The lowest BCUT2D eigenvalue weighted by molar-refractivity contribution is 0.362. The van der Waals surface area contributed by atoms with Gasteiger partial charge in [-0.15, -0.1) is 11.8 Å². The molecule has 94 valence electrons. The molecule has 1 aliphatic heterocycles. The van der Waals surface area contributed by atoms with Gasteiger partial charge in [-0.3, -0.25) is 0 Å². The summed E-state index contributed by atoms with van der Waals surface area (Å²) in [5, 5.41) is 7.89. The number of nitrogens with zero attached hydrogens (tertiary/aromatic N) is 2. The van der Waals surface area contributed by atoms with Crippen molar-refractivity contribution in [1.82, 2.24) is 15.5 Å². The molecular formula is C11H17N3OS2. The van der Waals surface area contributed by atoms with Crippen LogP contribution in [0.4, 0.5) is 0 Å². The first-order valence-corrected chi connectivity index (χ1v) is 8.35. The molecule has 1 aliphatic carbocycles. The van der Waals surface area contributed by atoms with Gasteiger partial charge in [-0.2, -0.15) is 16.7 Å². The van der Waals surface area contributed by atoms with E-state index in [1.165, 1.54) is 24.3 Å². The molecule has 2 fully saturated rings. The fourth-order valence-corrected chi connectivity index (χ4v) is 4.40. The van der Waals surface area contributed by atoms with E-state index < -0.39 is 0 Å². The molecule has 1 unspecified atom stereocenters. The van der Waals surface area contributed by atoms with Gasteiger partial charge in [0.15, 0.2) is 5.82 Å². The predicted molar refractivity (Wildman–Crippen MR) is 71.3 cm³/mol. The second-order valence-electron chi connectivity index (χ2n) is 4.55. The molecule has 1 aromatic heterocycles. The van der Waals surface area contributed by atoms with Gasteiger partial charge in [0.05, 0.1) is 11.8 Å². The lowest BCUT2D eigenvalue weighted by atomic mass is 10.4. The van der Waals surface area contributed by atoms with Crippen LogP contribution in [0.3, 0.4) is 0 Å². The Morgan fingerprint density at radius 3 is 3.06 bits per heavy atom. The summed E-state index contributed by atoms with van der Waals surface area (Å²) in [7, 11) is 0. The minimum Gasteiger partial charge on any atom is -0.338 e. The smallest absolute Gasteiger partial charge is 0.240 e. The molecule has 0 spiro atoms. The Morgan fingerprint density at radius 2 is 2.29 bits per heavy atom. The third-order valence-corrected chi connectivity index (χ3v) is 5.74. The van der Waals surface area contributed by atoms with Gasteiger partial charge in [-0.1, -0.05) is 5.16 Å². The molecule has 1 saturated heterocycles. The molecule has 0 amide bonds. The highest BCUT2D eigenvalue weighted by molar-refractivity contribution is 8.06. The van der Waals surface area contributed by atoms with Crippen molar-refractivity contribution < 1.29 is 4.52 Å². The van der Waals surface area contributed by atoms with Crippen molar-refractivity contribution in [3.05, 3.63) is 11.7 Å². The van der Waals surface area contributed by atoms with Crippen LogP contribution in [-0.4, -0.2) is 33.9 Å². The zero-order valence-electron chi connectivity index (χ0n) is 9.72. The second-order valence-corrected chi connectivity index (χ2v) is 7.02. The Bertz CT molecular complexity index is 361. The lowest BCUT2D eigenvalue weighted by Crippen LogP contribution is -2.16. The van der Waals surface area contributed by atoms with Gasteiger partial charge in [-0.25, -0.2) is 0 Å². The summed E-state index contributed by atoms with van der Waals surface area (Å²) in [5.41, 5.74) is 0. The first-order chi connectivity index (χ1) is 8.42. The SMILES string of the molecule is C1CSC(c2noc(CNCC3CC3)n2)CS1. The van der Waals surface area contributed by atoms with Crippen LogP contribution in [0.5, 0.6) is 0 Å². The van der Waals surface area contributed by atoms with Gasteiger partial charge in [0.1, 0.15) is 0 Å². The molecule has 2 aliphatic rings. The summed E-state index contributed by atoms with van der Waals surface area (Å²) in [4.78, 5) is 4.48. The van der Waals surface area contributed by atoms with Crippen molar-refractivity contribution in [2.75, 3.05) is 23.8 Å². The van der Waals surface area contributed by atoms with E-state index in [1.807, 2.05) is 23.5 Å². The maximum atomic E-state index is 5.27. The molecule has 0 radical (unpaired) electrons. The number of nitrogens with one attached hydrogen (secondary N) is 1. The van der Waals surface area contributed by atoms with Gasteiger partial charge in [0, 0.05) is 17.3 Å². The number of thioether (sulfide) groups is 2. The molecule has 2 heterocycles. The molecule has 17 heavy (non-hydrogen) atoms. The Hall–Kier alpha value is -0.200.